The highest BCUT2D eigenvalue weighted by atomic mass is 32.1. The normalized spacial score (nSPS) is 16.8. The number of ether oxygens (including phenoxy) is 1. The van der Waals surface area contributed by atoms with Gasteiger partial charge in [0.15, 0.2) is 0 Å². The van der Waals surface area contributed by atoms with E-state index in [0.29, 0.717) is 37.1 Å². The molecule has 0 bridgehead atoms. The summed E-state index contributed by atoms with van der Waals surface area (Å²) in [7, 11) is 0. The maximum Gasteiger partial charge on any atom is 0.270 e. The second kappa shape index (κ2) is 12.4. The molecule has 40 heavy (non-hydrogen) atoms. The highest BCUT2D eigenvalue weighted by Gasteiger charge is 2.26. The third kappa shape index (κ3) is 6.71. The van der Waals surface area contributed by atoms with Gasteiger partial charge in [0.2, 0.25) is 5.88 Å². The number of nitrogens with zero attached hydrogens (tertiary/aromatic N) is 2. The van der Waals surface area contributed by atoms with Crippen LogP contribution in [0.15, 0.2) is 66.2 Å². The fourth-order valence-corrected chi connectivity index (χ4v) is 5.35. The Hall–Kier alpha value is -4.11. The first kappa shape index (κ1) is 27.5. The number of nitrogens with one attached hydrogen (secondary N) is 2. The van der Waals surface area contributed by atoms with Gasteiger partial charge in [-0.3, -0.25) is 9.59 Å². The molecule has 2 aromatic heterocycles. The Morgan fingerprint density at radius 3 is 2.35 bits per heavy atom. The Kier molecular flexibility index (Phi) is 8.50. The highest BCUT2D eigenvalue weighted by molar-refractivity contribution is 7.09. The lowest BCUT2D eigenvalue weighted by Gasteiger charge is -2.29. The molecule has 1 saturated carbocycles. The average Bonchev–Trinajstić information content (AvgIpc) is 3.41. The smallest absolute Gasteiger partial charge is 0.270 e. The van der Waals surface area contributed by atoms with Crippen molar-refractivity contribution in [3.63, 3.8) is 0 Å². The van der Waals surface area contributed by atoms with Crippen molar-refractivity contribution in [2.75, 3.05) is 0 Å². The predicted molar refractivity (Wildman–Crippen MR) is 153 cm³/mol. The van der Waals surface area contributed by atoms with E-state index in [1.54, 1.807) is 11.4 Å². The molecule has 5 rings (SSSR count). The molecule has 2 heterocycles. The summed E-state index contributed by atoms with van der Waals surface area (Å²) in [6.45, 7) is 5.77. The average molecular weight is 558 g/mol. The fourth-order valence-electron chi connectivity index (χ4n) is 4.76. The van der Waals surface area contributed by atoms with Crippen LogP contribution in [0.25, 0.3) is 11.1 Å². The SMILES string of the molecule is [CH2]Cc1ccc(-c2cccc(Oc3ncc(F)cc3C(=O)N[C@H]3CC[C@H](NC(=O)c4csc(C)n4)CC3)c2)cc1. The lowest BCUT2D eigenvalue weighted by atomic mass is 9.91. The Morgan fingerprint density at radius 1 is 1.00 bits per heavy atom. The molecule has 7 nitrogen and oxygen atoms in total. The Balaban J connectivity index is 1.22. The standard InChI is InChI=1S/C31H30FN4O3S/c1-3-20-7-9-21(10-8-20)22-5-4-6-26(15-22)39-31-27(16-23(32)17-33-31)29(37)35-24-11-13-25(14-12-24)36-30(38)28-18-40-19(2)34-28/h4-10,15-18,24-25H,1,3,11-14H2,2H3,(H,35,37)(H,36,38)/t24-,25-. The van der Waals surface area contributed by atoms with Gasteiger partial charge in [0.25, 0.3) is 11.8 Å². The zero-order valence-electron chi connectivity index (χ0n) is 22.2. The molecule has 0 atom stereocenters. The molecule has 205 valence electrons. The zero-order chi connectivity index (χ0) is 28.1. The second-order valence-electron chi connectivity index (χ2n) is 9.83. The molecule has 0 spiro atoms. The Labute approximate surface area is 236 Å². The summed E-state index contributed by atoms with van der Waals surface area (Å²) >= 11 is 1.44. The van der Waals surface area contributed by atoms with Crippen molar-refractivity contribution in [1.29, 1.82) is 0 Å². The van der Waals surface area contributed by atoms with E-state index in [4.69, 9.17) is 4.74 Å². The zero-order valence-corrected chi connectivity index (χ0v) is 23.0. The molecule has 4 aromatic rings. The van der Waals surface area contributed by atoms with Gasteiger partial charge in [0.1, 0.15) is 22.8 Å². The molecule has 2 aromatic carbocycles. The first-order valence-electron chi connectivity index (χ1n) is 13.2. The summed E-state index contributed by atoms with van der Waals surface area (Å²) in [5.41, 5.74) is 3.56. The van der Waals surface area contributed by atoms with Crippen LogP contribution in [0, 0.1) is 19.7 Å². The molecule has 0 saturated heterocycles. The van der Waals surface area contributed by atoms with Crippen LogP contribution in [0.4, 0.5) is 4.39 Å². The van der Waals surface area contributed by atoms with E-state index in [1.807, 2.05) is 49.4 Å². The number of hydrogen-bond donors (Lipinski definition) is 2. The monoisotopic (exact) mass is 557 g/mol. The van der Waals surface area contributed by atoms with E-state index in [0.717, 1.165) is 40.4 Å². The number of thiazole rings is 1. The lowest BCUT2D eigenvalue weighted by molar-refractivity contribution is 0.0888. The van der Waals surface area contributed by atoms with Crippen molar-refractivity contribution in [2.24, 2.45) is 0 Å². The van der Waals surface area contributed by atoms with E-state index in [2.05, 4.69) is 27.5 Å². The van der Waals surface area contributed by atoms with Crippen molar-refractivity contribution in [1.82, 2.24) is 20.6 Å². The molecule has 1 fully saturated rings. The van der Waals surface area contributed by atoms with E-state index in [9.17, 15) is 14.0 Å². The van der Waals surface area contributed by atoms with Gasteiger partial charge < -0.3 is 15.4 Å². The minimum absolute atomic E-state index is 0.0134. The summed E-state index contributed by atoms with van der Waals surface area (Å²) in [4.78, 5) is 33.9. The molecule has 0 unspecified atom stereocenters. The number of halogens is 1. The van der Waals surface area contributed by atoms with Gasteiger partial charge >= 0.3 is 0 Å². The second-order valence-corrected chi connectivity index (χ2v) is 10.9. The predicted octanol–water partition coefficient (Wildman–Crippen LogP) is 6.29. The number of pyridine rings is 1. The molecular formula is C31H30FN4O3S. The van der Waals surface area contributed by atoms with E-state index in [-0.39, 0.29) is 29.4 Å². The van der Waals surface area contributed by atoms with E-state index >= 15 is 0 Å². The summed E-state index contributed by atoms with van der Waals surface area (Å²) in [5, 5.41) is 8.62. The minimum atomic E-state index is -0.625. The summed E-state index contributed by atoms with van der Waals surface area (Å²) in [6.07, 6.45) is 4.54. The molecule has 9 heteroatoms. The molecular weight excluding hydrogens is 527 g/mol. The lowest BCUT2D eigenvalue weighted by Crippen LogP contribution is -2.44. The number of aromatic nitrogens is 2. The maximum atomic E-state index is 14.1. The van der Waals surface area contributed by atoms with Crippen LogP contribution in [0.1, 0.15) is 57.1 Å². The van der Waals surface area contributed by atoms with Crippen LogP contribution in [0.3, 0.4) is 0 Å². The summed E-state index contributed by atoms with van der Waals surface area (Å²) in [6, 6.07) is 16.6. The first-order valence-corrected chi connectivity index (χ1v) is 14.1. The van der Waals surface area contributed by atoms with Crippen molar-refractivity contribution >= 4 is 23.2 Å². The number of carbonyl (C=O) groups is 2. The number of aryl methyl sites for hydroxylation is 1. The van der Waals surface area contributed by atoms with Crippen LogP contribution < -0.4 is 15.4 Å². The van der Waals surface area contributed by atoms with Gasteiger partial charge in [-0.05, 0) is 80.8 Å². The van der Waals surface area contributed by atoms with Crippen LogP contribution in [-0.4, -0.2) is 33.9 Å². The number of hydrogen-bond acceptors (Lipinski definition) is 6. The molecule has 1 aliphatic carbocycles. The largest absolute Gasteiger partial charge is 0.438 e. The van der Waals surface area contributed by atoms with Crippen molar-refractivity contribution in [3.8, 4) is 22.8 Å². The van der Waals surface area contributed by atoms with E-state index < -0.39 is 11.7 Å². The fraction of sp³-hybridized carbons (Fsp3) is 0.258. The van der Waals surface area contributed by atoms with Crippen LogP contribution in [0.2, 0.25) is 0 Å². The first-order chi connectivity index (χ1) is 19.4. The Morgan fingerprint density at radius 2 is 1.70 bits per heavy atom. The van der Waals surface area contributed by atoms with Crippen LogP contribution in [-0.2, 0) is 6.42 Å². The van der Waals surface area contributed by atoms with Crippen molar-refractivity contribution in [3.05, 3.63) is 101 Å². The molecule has 1 aliphatic rings. The minimum Gasteiger partial charge on any atom is -0.438 e. The summed E-state index contributed by atoms with van der Waals surface area (Å²) < 4.78 is 20.1. The topological polar surface area (TPSA) is 93.2 Å². The van der Waals surface area contributed by atoms with Gasteiger partial charge in [-0.1, -0.05) is 36.4 Å². The number of rotatable bonds is 8. The van der Waals surface area contributed by atoms with Crippen LogP contribution >= 0.6 is 11.3 Å². The maximum absolute atomic E-state index is 14.1. The Bertz CT molecular complexity index is 1500. The van der Waals surface area contributed by atoms with Crippen LogP contribution in [0.5, 0.6) is 11.6 Å². The number of carbonyl (C=O) groups excluding carboxylic acids is 2. The van der Waals surface area contributed by atoms with Gasteiger partial charge in [-0.2, -0.15) is 0 Å². The van der Waals surface area contributed by atoms with Gasteiger partial charge in [-0.25, -0.2) is 14.4 Å². The number of amides is 2. The van der Waals surface area contributed by atoms with Crippen molar-refractivity contribution < 1.29 is 18.7 Å². The van der Waals surface area contributed by atoms with Crippen molar-refractivity contribution in [2.45, 2.75) is 51.1 Å². The quantitative estimate of drug-likeness (QED) is 0.266. The van der Waals surface area contributed by atoms with E-state index in [1.165, 1.54) is 11.3 Å². The molecule has 1 radical (unpaired) electrons. The summed E-state index contributed by atoms with van der Waals surface area (Å²) in [5.74, 6) is -0.738. The molecule has 2 N–H and O–H groups in total. The molecule has 2 amide bonds. The third-order valence-electron chi connectivity index (χ3n) is 6.94. The number of benzene rings is 2. The third-order valence-corrected chi connectivity index (χ3v) is 7.71. The van der Waals surface area contributed by atoms with Gasteiger partial charge in [0.05, 0.1) is 11.2 Å². The van der Waals surface area contributed by atoms with Gasteiger partial charge in [-0.15, -0.1) is 11.3 Å². The van der Waals surface area contributed by atoms with Gasteiger partial charge in [0, 0.05) is 17.5 Å². The highest BCUT2D eigenvalue weighted by Crippen LogP contribution is 2.29. The molecule has 0 aliphatic heterocycles.